The van der Waals surface area contributed by atoms with Gasteiger partial charge < -0.3 is 9.80 Å². The smallest absolute Gasteiger partial charge is 0.205 e. The maximum absolute atomic E-state index is 4.62. The standard InChI is InChI=1S/C14H19N5S/c1-11-5-3-6-13(15-11)18-7-4-8-19(10-9-18)14-16-12(2)17-20-14/h3,5-6H,4,7-10H2,1-2H3. The van der Waals surface area contributed by atoms with Gasteiger partial charge in [0.1, 0.15) is 11.6 Å². The van der Waals surface area contributed by atoms with Crippen molar-refractivity contribution in [2.45, 2.75) is 20.3 Å². The van der Waals surface area contributed by atoms with Gasteiger partial charge in [-0.1, -0.05) is 6.07 Å². The minimum Gasteiger partial charge on any atom is -0.355 e. The molecule has 106 valence electrons. The van der Waals surface area contributed by atoms with Gasteiger partial charge in [-0.05, 0) is 32.4 Å². The monoisotopic (exact) mass is 289 g/mol. The van der Waals surface area contributed by atoms with Crippen LogP contribution in [0.3, 0.4) is 0 Å². The van der Waals surface area contributed by atoms with E-state index < -0.39 is 0 Å². The number of hydrogen-bond donors (Lipinski definition) is 0. The van der Waals surface area contributed by atoms with E-state index in [1.54, 1.807) is 0 Å². The summed E-state index contributed by atoms with van der Waals surface area (Å²) in [5.74, 6) is 1.95. The minimum atomic E-state index is 0.867. The third kappa shape index (κ3) is 2.90. The van der Waals surface area contributed by atoms with Crippen LogP contribution in [0.15, 0.2) is 18.2 Å². The number of rotatable bonds is 2. The fourth-order valence-corrected chi connectivity index (χ4v) is 3.18. The predicted octanol–water partition coefficient (Wildman–Crippen LogP) is 2.27. The fraction of sp³-hybridized carbons (Fsp3) is 0.500. The number of anilines is 2. The zero-order chi connectivity index (χ0) is 13.9. The van der Waals surface area contributed by atoms with Crippen molar-refractivity contribution < 1.29 is 0 Å². The highest BCUT2D eigenvalue weighted by Gasteiger charge is 2.18. The Bertz CT molecular complexity index is 582. The normalized spacial score (nSPS) is 16.3. The van der Waals surface area contributed by atoms with Crippen molar-refractivity contribution >= 4 is 22.5 Å². The first-order valence-corrected chi connectivity index (χ1v) is 7.73. The molecule has 0 aliphatic carbocycles. The summed E-state index contributed by atoms with van der Waals surface area (Å²) in [5.41, 5.74) is 1.07. The van der Waals surface area contributed by atoms with Crippen molar-refractivity contribution in [3.63, 3.8) is 0 Å². The van der Waals surface area contributed by atoms with Crippen LogP contribution in [-0.2, 0) is 0 Å². The number of hydrogen-bond acceptors (Lipinski definition) is 6. The molecular weight excluding hydrogens is 270 g/mol. The second-order valence-corrected chi connectivity index (χ2v) is 5.82. The summed E-state index contributed by atoms with van der Waals surface area (Å²) in [6, 6.07) is 6.21. The van der Waals surface area contributed by atoms with Crippen LogP contribution in [-0.4, -0.2) is 40.5 Å². The first kappa shape index (κ1) is 13.3. The molecule has 1 aliphatic heterocycles. The van der Waals surface area contributed by atoms with Crippen molar-refractivity contribution in [3.8, 4) is 0 Å². The van der Waals surface area contributed by atoms with Gasteiger partial charge in [0.2, 0.25) is 5.13 Å². The Hall–Kier alpha value is -1.69. The zero-order valence-electron chi connectivity index (χ0n) is 11.9. The minimum absolute atomic E-state index is 0.867. The van der Waals surface area contributed by atoms with Crippen LogP contribution in [0.4, 0.5) is 10.9 Å². The summed E-state index contributed by atoms with van der Waals surface area (Å²) in [4.78, 5) is 13.8. The quantitative estimate of drug-likeness (QED) is 0.848. The first-order chi connectivity index (χ1) is 9.72. The van der Waals surface area contributed by atoms with Gasteiger partial charge in [-0.15, -0.1) is 0 Å². The van der Waals surface area contributed by atoms with Gasteiger partial charge >= 0.3 is 0 Å². The SMILES string of the molecule is Cc1cccc(N2CCCN(c3nc(C)ns3)CC2)n1. The molecule has 0 saturated carbocycles. The highest BCUT2D eigenvalue weighted by molar-refractivity contribution is 7.09. The van der Waals surface area contributed by atoms with Crippen LogP contribution < -0.4 is 9.80 Å². The molecule has 3 rings (SSSR count). The van der Waals surface area contributed by atoms with Gasteiger partial charge in [0.05, 0.1) is 0 Å². The van der Waals surface area contributed by atoms with Crippen LogP contribution in [0.1, 0.15) is 17.9 Å². The van der Waals surface area contributed by atoms with E-state index in [1.165, 1.54) is 11.5 Å². The Morgan fingerprint density at radius 1 is 1.00 bits per heavy atom. The fourth-order valence-electron chi connectivity index (χ4n) is 2.46. The summed E-state index contributed by atoms with van der Waals surface area (Å²) < 4.78 is 4.27. The zero-order valence-corrected chi connectivity index (χ0v) is 12.7. The van der Waals surface area contributed by atoms with Crippen molar-refractivity contribution in [2.75, 3.05) is 36.0 Å². The molecular formula is C14H19N5S. The van der Waals surface area contributed by atoms with E-state index in [0.717, 1.165) is 55.1 Å². The van der Waals surface area contributed by atoms with Crippen molar-refractivity contribution in [2.24, 2.45) is 0 Å². The molecule has 20 heavy (non-hydrogen) atoms. The average Bonchev–Trinajstić information content (AvgIpc) is 2.73. The Morgan fingerprint density at radius 2 is 1.80 bits per heavy atom. The number of aromatic nitrogens is 3. The Balaban J connectivity index is 1.70. The second-order valence-electron chi connectivity index (χ2n) is 5.09. The number of pyridine rings is 1. The van der Waals surface area contributed by atoms with Gasteiger partial charge in [0.25, 0.3) is 0 Å². The molecule has 2 aromatic rings. The third-order valence-electron chi connectivity index (χ3n) is 3.48. The van der Waals surface area contributed by atoms with Gasteiger partial charge in [0, 0.05) is 43.4 Å². The molecule has 0 spiro atoms. The van der Waals surface area contributed by atoms with Gasteiger partial charge in [-0.25, -0.2) is 9.97 Å². The molecule has 1 aliphatic rings. The average molecular weight is 289 g/mol. The van der Waals surface area contributed by atoms with Crippen molar-refractivity contribution in [3.05, 3.63) is 29.7 Å². The molecule has 0 aromatic carbocycles. The summed E-state index contributed by atoms with van der Waals surface area (Å²) in [6.45, 7) is 8.03. The maximum Gasteiger partial charge on any atom is 0.205 e. The largest absolute Gasteiger partial charge is 0.355 e. The second kappa shape index (κ2) is 5.75. The van der Waals surface area contributed by atoms with Gasteiger partial charge in [-0.2, -0.15) is 4.37 Å². The highest BCUT2D eigenvalue weighted by atomic mass is 32.1. The third-order valence-corrected chi connectivity index (χ3v) is 4.35. The topological polar surface area (TPSA) is 45.2 Å². The molecule has 5 nitrogen and oxygen atoms in total. The van der Waals surface area contributed by atoms with Gasteiger partial charge in [0.15, 0.2) is 0 Å². The molecule has 0 N–H and O–H groups in total. The summed E-state index contributed by atoms with van der Waals surface area (Å²) in [5, 5.41) is 1.04. The van der Waals surface area contributed by atoms with Gasteiger partial charge in [-0.3, -0.25) is 0 Å². The Labute approximate surface area is 123 Å². The van der Waals surface area contributed by atoms with Crippen LogP contribution in [0.5, 0.6) is 0 Å². The summed E-state index contributed by atoms with van der Waals surface area (Å²) >= 11 is 1.50. The van der Waals surface area contributed by atoms with E-state index in [1.807, 2.05) is 19.9 Å². The molecule has 0 unspecified atom stereocenters. The van der Waals surface area contributed by atoms with Crippen LogP contribution in [0.2, 0.25) is 0 Å². The lowest BCUT2D eigenvalue weighted by molar-refractivity contribution is 0.795. The lowest BCUT2D eigenvalue weighted by Gasteiger charge is -2.22. The molecule has 1 fully saturated rings. The van der Waals surface area contributed by atoms with Crippen LogP contribution in [0, 0.1) is 13.8 Å². The summed E-state index contributed by atoms with van der Waals surface area (Å²) in [7, 11) is 0. The van der Waals surface area contributed by atoms with E-state index in [0.29, 0.717) is 0 Å². The molecule has 0 amide bonds. The van der Waals surface area contributed by atoms with Crippen molar-refractivity contribution in [1.82, 2.24) is 14.3 Å². The molecule has 0 radical (unpaired) electrons. The maximum atomic E-state index is 4.62. The number of nitrogens with zero attached hydrogens (tertiary/aromatic N) is 5. The molecule has 6 heteroatoms. The lowest BCUT2D eigenvalue weighted by atomic mass is 10.3. The van der Waals surface area contributed by atoms with Crippen LogP contribution >= 0.6 is 11.5 Å². The van der Waals surface area contributed by atoms with E-state index >= 15 is 0 Å². The lowest BCUT2D eigenvalue weighted by Crippen LogP contribution is -2.31. The Kier molecular flexibility index (Phi) is 3.82. The van der Waals surface area contributed by atoms with E-state index in [4.69, 9.17) is 0 Å². The molecule has 0 atom stereocenters. The first-order valence-electron chi connectivity index (χ1n) is 6.96. The molecule has 1 saturated heterocycles. The molecule has 2 aromatic heterocycles. The highest BCUT2D eigenvalue weighted by Crippen LogP contribution is 2.20. The molecule has 0 bridgehead atoms. The van der Waals surface area contributed by atoms with E-state index in [2.05, 4.69) is 36.3 Å². The van der Waals surface area contributed by atoms with Crippen molar-refractivity contribution in [1.29, 1.82) is 0 Å². The van der Waals surface area contributed by atoms with Crippen LogP contribution in [0.25, 0.3) is 0 Å². The summed E-state index contributed by atoms with van der Waals surface area (Å²) in [6.07, 6.45) is 1.12. The van der Waals surface area contributed by atoms with E-state index in [-0.39, 0.29) is 0 Å². The number of aryl methyl sites for hydroxylation is 2. The molecule has 3 heterocycles. The Morgan fingerprint density at radius 3 is 2.55 bits per heavy atom. The predicted molar refractivity (Wildman–Crippen MR) is 82.7 cm³/mol. The van der Waals surface area contributed by atoms with E-state index in [9.17, 15) is 0 Å².